The summed E-state index contributed by atoms with van der Waals surface area (Å²) in [7, 11) is 1.61. The molecule has 2 rings (SSSR count). The Bertz CT molecular complexity index is 475. The van der Waals surface area contributed by atoms with Gasteiger partial charge in [0.05, 0.1) is 12.6 Å². The van der Waals surface area contributed by atoms with Gasteiger partial charge >= 0.3 is 0 Å². The summed E-state index contributed by atoms with van der Waals surface area (Å²) in [6.07, 6.45) is 0.323. The normalized spacial score (nSPS) is 21.3. The SMILES string of the molecule is COCC(C)N1CCC(=O)NC(c2ccccc2)C1=O. The maximum atomic E-state index is 12.7. The van der Waals surface area contributed by atoms with Gasteiger partial charge < -0.3 is 15.0 Å². The summed E-state index contributed by atoms with van der Waals surface area (Å²) in [4.78, 5) is 26.2. The predicted octanol–water partition coefficient (Wildman–Crippen LogP) is 1.11. The van der Waals surface area contributed by atoms with E-state index in [0.29, 0.717) is 19.6 Å². The van der Waals surface area contributed by atoms with E-state index in [2.05, 4.69) is 5.32 Å². The number of carbonyl (C=O) groups excluding carboxylic acids is 2. The van der Waals surface area contributed by atoms with E-state index in [1.165, 1.54) is 0 Å². The average Bonchev–Trinajstić information content (AvgIpc) is 2.60. The largest absolute Gasteiger partial charge is 0.383 e. The van der Waals surface area contributed by atoms with Gasteiger partial charge in [-0.3, -0.25) is 9.59 Å². The highest BCUT2D eigenvalue weighted by Gasteiger charge is 2.33. The van der Waals surface area contributed by atoms with Crippen LogP contribution in [0.2, 0.25) is 0 Å². The number of methoxy groups -OCH3 is 1. The summed E-state index contributed by atoms with van der Waals surface area (Å²) < 4.78 is 5.11. The van der Waals surface area contributed by atoms with E-state index >= 15 is 0 Å². The summed E-state index contributed by atoms with van der Waals surface area (Å²) in [6, 6.07) is 8.67. The van der Waals surface area contributed by atoms with Crippen LogP contribution in [0.15, 0.2) is 30.3 Å². The van der Waals surface area contributed by atoms with Crippen LogP contribution in [0.25, 0.3) is 0 Å². The second kappa shape index (κ2) is 6.52. The van der Waals surface area contributed by atoms with Crippen molar-refractivity contribution in [1.82, 2.24) is 10.2 Å². The Hall–Kier alpha value is -1.88. The molecular weight excluding hydrogens is 256 g/mol. The lowest BCUT2D eigenvalue weighted by atomic mass is 10.1. The van der Waals surface area contributed by atoms with Gasteiger partial charge in [-0.1, -0.05) is 30.3 Å². The first-order valence-corrected chi connectivity index (χ1v) is 6.77. The summed E-state index contributed by atoms with van der Waals surface area (Å²) in [5, 5.41) is 2.80. The molecule has 1 aliphatic rings. The molecule has 1 N–H and O–H groups in total. The number of ether oxygens (including phenoxy) is 1. The molecule has 2 unspecified atom stereocenters. The molecular formula is C15H20N2O3. The topological polar surface area (TPSA) is 58.6 Å². The summed E-state index contributed by atoms with van der Waals surface area (Å²) >= 11 is 0. The fourth-order valence-corrected chi connectivity index (χ4v) is 2.43. The van der Waals surface area contributed by atoms with E-state index in [0.717, 1.165) is 5.56 Å². The lowest BCUT2D eigenvalue weighted by molar-refractivity contribution is -0.136. The molecule has 0 aliphatic carbocycles. The zero-order valence-electron chi connectivity index (χ0n) is 11.8. The quantitative estimate of drug-likeness (QED) is 0.896. The zero-order valence-corrected chi connectivity index (χ0v) is 11.8. The van der Waals surface area contributed by atoms with E-state index in [9.17, 15) is 9.59 Å². The van der Waals surface area contributed by atoms with Gasteiger partial charge in [-0.25, -0.2) is 0 Å². The van der Waals surface area contributed by atoms with Crippen LogP contribution in [0.5, 0.6) is 0 Å². The number of amides is 2. The van der Waals surface area contributed by atoms with Crippen molar-refractivity contribution in [3.05, 3.63) is 35.9 Å². The number of hydrogen-bond donors (Lipinski definition) is 1. The molecule has 0 saturated carbocycles. The lowest BCUT2D eigenvalue weighted by Gasteiger charge is -2.29. The maximum Gasteiger partial charge on any atom is 0.250 e. The van der Waals surface area contributed by atoms with Gasteiger partial charge in [0, 0.05) is 20.1 Å². The van der Waals surface area contributed by atoms with E-state index in [-0.39, 0.29) is 17.9 Å². The minimum Gasteiger partial charge on any atom is -0.383 e. The zero-order chi connectivity index (χ0) is 14.5. The fraction of sp³-hybridized carbons (Fsp3) is 0.467. The van der Waals surface area contributed by atoms with Crippen molar-refractivity contribution in [2.45, 2.75) is 25.4 Å². The van der Waals surface area contributed by atoms with Crippen molar-refractivity contribution in [2.24, 2.45) is 0 Å². The van der Waals surface area contributed by atoms with Crippen LogP contribution in [0, 0.1) is 0 Å². The lowest BCUT2D eigenvalue weighted by Crippen LogP contribution is -2.44. The van der Waals surface area contributed by atoms with Crippen molar-refractivity contribution in [3.8, 4) is 0 Å². The van der Waals surface area contributed by atoms with Crippen LogP contribution < -0.4 is 5.32 Å². The van der Waals surface area contributed by atoms with E-state index < -0.39 is 6.04 Å². The van der Waals surface area contributed by atoms with Crippen LogP contribution in [0.4, 0.5) is 0 Å². The molecule has 1 saturated heterocycles. The summed E-state index contributed by atoms with van der Waals surface area (Å²) in [6.45, 7) is 2.82. The highest BCUT2D eigenvalue weighted by molar-refractivity contribution is 5.91. The third-order valence-electron chi connectivity index (χ3n) is 3.49. The number of hydrogen-bond acceptors (Lipinski definition) is 3. The summed E-state index contributed by atoms with van der Waals surface area (Å²) in [5.41, 5.74) is 0.808. The van der Waals surface area contributed by atoms with E-state index in [1.54, 1.807) is 12.0 Å². The molecule has 20 heavy (non-hydrogen) atoms. The van der Waals surface area contributed by atoms with Gasteiger partial charge in [0.15, 0.2) is 0 Å². The number of rotatable bonds is 4. The molecule has 0 aromatic heterocycles. The molecule has 1 aromatic carbocycles. The third-order valence-corrected chi connectivity index (χ3v) is 3.49. The highest BCUT2D eigenvalue weighted by atomic mass is 16.5. The number of nitrogens with one attached hydrogen (secondary N) is 1. The first-order valence-electron chi connectivity index (χ1n) is 6.77. The Balaban J connectivity index is 2.26. The van der Waals surface area contributed by atoms with Crippen molar-refractivity contribution in [3.63, 3.8) is 0 Å². The molecule has 1 aliphatic heterocycles. The molecule has 1 heterocycles. The minimum absolute atomic E-state index is 0.0496. The van der Waals surface area contributed by atoms with Gasteiger partial charge in [0.1, 0.15) is 6.04 Å². The van der Waals surface area contributed by atoms with Gasteiger partial charge in [0.2, 0.25) is 11.8 Å². The molecule has 2 atom stereocenters. The monoisotopic (exact) mass is 276 g/mol. The molecule has 5 heteroatoms. The summed E-state index contributed by atoms with van der Waals surface area (Å²) in [5.74, 6) is -0.175. The van der Waals surface area contributed by atoms with Crippen molar-refractivity contribution >= 4 is 11.8 Å². The smallest absolute Gasteiger partial charge is 0.250 e. The standard InChI is InChI=1S/C15H20N2O3/c1-11(10-20-2)17-9-8-13(18)16-14(15(17)19)12-6-4-3-5-7-12/h3-7,11,14H,8-10H2,1-2H3,(H,16,18). The highest BCUT2D eigenvalue weighted by Crippen LogP contribution is 2.20. The first-order chi connectivity index (χ1) is 9.63. The molecule has 0 spiro atoms. The van der Waals surface area contributed by atoms with Crippen LogP contribution in [0.1, 0.15) is 24.9 Å². The fourth-order valence-electron chi connectivity index (χ4n) is 2.43. The van der Waals surface area contributed by atoms with Crippen LogP contribution in [0.3, 0.4) is 0 Å². The second-order valence-electron chi connectivity index (χ2n) is 5.00. The number of benzene rings is 1. The molecule has 108 valence electrons. The molecule has 1 fully saturated rings. The Morgan fingerprint density at radius 3 is 2.70 bits per heavy atom. The second-order valence-corrected chi connectivity index (χ2v) is 5.00. The molecule has 0 bridgehead atoms. The van der Waals surface area contributed by atoms with Crippen molar-refractivity contribution in [2.75, 3.05) is 20.3 Å². The Kier molecular flexibility index (Phi) is 4.74. The van der Waals surface area contributed by atoms with Crippen molar-refractivity contribution < 1.29 is 14.3 Å². The van der Waals surface area contributed by atoms with Crippen LogP contribution >= 0.6 is 0 Å². The predicted molar refractivity (Wildman–Crippen MR) is 75.0 cm³/mol. The van der Waals surface area contributed by atoms with Crippen molar-refractivity contribution in [1.29, 1.82) is 0 Å². The van der Waals surface area contributed by atoms with E-state index in [4.69, 9.17) is 4.74 Å². The van der Waals surface area contributed by atoms with Crippen LogP contribution in [-0.4, -0.2) is 43.0 Å². The maximum absolute atomic E-state index is 12.7. The third kappa shape index (κ3) is 3.17. The molecule has 2 amide bonds. The minimum atomic E-state index is -0.606. The molecule has 5 nitrogen and oxygen atoms in total. The Morgan fingerprint density at radius 1 is 1.35 bits per heavy atom. The van der Waals surface area contributed by atoms with Gasteiger partial charge in [-0.15, -0.1) is 0 Å². The first kappa shape index (κ1) is 14.5. The number of nitrogens with zero attached hydrogens (tertiary/aromatic N) is 1. The van der Waals surface area contributed by atoms with E-state index in [1.807, 2.05) is 37.3 Å². The van der Waals surface area contributed by atoms with Gasteiger partial charge in [-0.2, -0.15) is 0 Å². The number of carbonyl (C=O) groups is 2. The Morgan fingerprint density at radius 2 is 2.05 bits per heavy atom. The molecule has 0 radical (unpaired) electrons. The Labute approximate surface area is 118 Å². The van der Waals surface area contributed by atoms with Gasteiger partial charge in [0.25, 0.3) is 0 Å². The van der Waals surface area contributed by atoms with Gasteiger partial charge in [-0.05, 0) is 12.5 Å². The average molecular weight is 276 g/mol. The van der Waals surface area contributed by atoms with Crippen LogP contribution in [-0.2, 0) is 14.3 Å². The molecule has 1 aromatic rings.